The van der Waals surface area contributed by atoms with Crippen LogP contribution >= 0.6 is 15.9 Å². The van der Waals surface area contributed by atoms with Crippen LogP contribution in [0.3, 0.4) is 0 Å². The number of rotatable bonds is 8. The van der Waals surface area contributed by atoms with E-state index >= 15 is 0 Å². The summed E-state index contributed by atoms with van der Waals surface area (Å²) in [4.78, 5) is 34.1. The fourth-order valence-electron chi connectivity index (χ4n) is 4.11. The molecule has 0 bridgehead atoms. The molecule has 196 valence electrons. The second kappa shape index (κ2) is 13.0. The summed E-state index contributed by atoms with van der Waals surface area (Å²) >= 11 is 3.44. The van der Waals surface area contributed by atoms with Gasteiger partial charge in [0, 0.05) is 22.2 Å². The molecular formula is C29H29BrN4O4. The van der Waals surface area contributed by atoms with Crippen molar-refractivity contribution < 1.29 is 19.4 Å². The number of aliphatic hydroxyl groups excluding tert-OH is 1. The summed E-state index contributed by atoms with van der Waals surface area (Å²) in [6.07, 6.45) is 0.493. The Morgan fingerprint density at radius 2 is 1.66 bits per heavy atom. The molecule has 8 nitrogen and oxygen atoms in total. The Hall–Kier alpha value is -3.95. The maximum Gasteiger partial charge on any atom is 0.325 e. The molecule has 1 aromatic heterocycles. The SMILES string of the molecule is Cc1[nH]c(C(Cc2ccccc2)N2C(=O)CNC2=O)nc1-c1ccc(Br)cc1.OCCOc1ccccc1. The van der Waals surface area contributed by atoms with Crippen molar-refractivity contribution in [1.82, 2.24) is 20.2 Å². The van der Waals surface area contributed by atoms with E-state index in [1.54, 1.807) is 0 Å². The summed E-state index contributed by atoms with van der Waals surface area (Å²) in [7, 11) is 0. The third-order valence-corrected chi connectivity index (χ3v) is 6.43. The van der Waals surface area contributed by atoms with E-state index in [1.807, 2.05) is 91.9 Å². The number of nitrogens with zero attached hydrogens (tertiary/aromatic N) is 2. The van der Waals surface area contributed by atoms with Crippen molar-refractivity contribution >= 4 is 27.9 Å². The van der Waals surface area contributed by atoms with E-state index in [9.17, 15) is 9.59 Å². The Morgan fingerprint density at radius 1 is 1.00 bits per heavy atom. The number of hydrogen-bond acceptors (Lipinski definition) is 5. The summed E-state index contributed by atoms with van der Waals surface area (Å²) in [6, 6.07) is 26.2. The maximum absolute atomic E-state index is 12.4. The Bertz CT molecular complexity index is 1330. The maximum atomic E-state index is 12.4. The standard InChI is InChI=1S/C21H19BrN4O2.C8H10O2/c1-13-19(15-7-9-16(22)10-8-15)25-20(24-13)17(11-14-5-3-2-4-6-14)26-18(27)12-23-21(26)28;9-6-7-10-8-4-2-1-3-5-8/h2-10,17H,11-12H2,1H3,(H,23,28)(H,24,25);1-5,9H,6-7H2. The van der Waals surface area contributed by atoms with Gasteiger partial charge in [0.25, 0.3) is 5.91 Å². The Labute approximate surface area is 229 Å². The lowest BCUT2D eigenvalue weighted by molar-refractivity contribution is -0.126. The monoisotopic (exact) mass is 576 g/mol. The zero-order valence-corrected chi connectivity index (χ0v) is 22.5. The van der Waals surface area contributed by atoms with Crippen LogP contribution in [0.15, 0.2) is 89.4 Å². The first-order valence-electron chi connectivity index (χ1n) is 12.2. The van der Waals surface area contributed by atoms with E-state index in [-0.39, 0.29) is 25.1 Å². The zero-order chi connectivity index (χ0) is 26.9. The minimum atomic E-state index is -0.500. The number of aliphatic hydroxyl groups is 1. The molecule has 1 aliphatic heterocycles. The molecule has 1 saturated heterocycles. The Morgan fingerprint density at radius 3 is 2.26 bits per heavy atom. The highest BCUT2D eigenvalue weighted by atomic mass is 79.9. The number of aromatic nitrogens is 2. The lowest BCUT2D eigenvalue weighted by Gasteiger charge is -2.23. The van der Waals surface area contributed by atoms with Crippen LogP contribution in [0, 0.1) is 6.92 Å². The highest BCUT2D eigenvalue weighted by Crippen LogP contribution is 2.30. The third kappa shape index (κ3) is 6.87. The normalized spacial score (nSPS) is 13.5. The van der Waals surface area contributed by atoms with Crippen molar-refractivity contribution in [2.45, 2.75) is 19.4 Å². The number of carbonyl (C=O) groups is 2. The van der Waals surface area contributed by atoms with Crippen molar-refractivity contribution in [3.8, 4) is 17.0 Å². The van der Waals surface area contributed by atoms with Gasteiger partial charge in [-0.1, -0.05) is 76.6 Å². The summed E-state index contributed by atoms with van der Waals surface area (Å²) in [5, 5.41) is 11.0. The fraction of sp³-hybridized carbons (Fsp3) is 0.207. The number of ether oxygens (including phenoxy) is 1. The minimum Gasteiger partial charge on any atom is -0.491 e. The first kappa shape index (κ1) is 27.1. The van der Waals surface area contributed by atoms with Gasteiger partial charge in [-0.25, -0.2) is 9.78 Å². The predicted molar refractivity (Wildman–Crippen MR) is 149 cm³/mol. The van der Waals surface area contributed by atoms with E-state index in [0.29, 0.717) is 18.9 Å². The van der Waals surface area contributed by atoms with Crippen LogP contribution in [0.2, 0.25) is 0 Å². The number of amides is 3. The largest absolute Gasteiger partial charge is 0.491 e. The molecule has 0 radical (unpaired) electrons. The number of aromatic amines is 1. The van der Waals surface area contributed by atoms with Gasteiger partial charge in [-0.15, -0.1) is 0 Å². The summed E-state index contributed by atoms with van der Waals surface area (Å²) < 4.78 is 6.10. The first-order valence-corrected chi connectivity index (χ1v) is 13.0. The molecule has 38 heavy (non-hydrogen) atoms. The molecule has 3 amide bonds. The van der Waals surface area contributed by atoms with E-state index in [2.05, 4.69) is 26.2 Å². The molecule has 0 spiro atoms. The van der Waals surface area contributed by atoms with Crippen molar-refractivity contribution in [2.75, 3.05) is 19.8 Å². The smallest absolute Gasteiger partial charge is 0.325 e. The van der Waals surface area contributed by atoms with Gasteiger partial charge in [0.15, 0.2) is 0 Å². The highest BCUT2D eigenvalue weighted by molar-refractivity contribution is 9.10. The summed E-state index contributed by atoms with van der Waals surface area (Å²) in [5.41, 5.74) is 3.70. The van der Waals surface area contributed by atoms with Gasteiger partial charge >= 0.3 is 6.03 Å². The highest BCUT2D eigenvalue weighted by Gasteiger charge is 2.37. The van der Waals surface area contributed by atoms with Crippen molar-refractivity contribution in [3.05, 3.63) is 106 Å². The van der Waals surface area contributed by atoms with Crippen molar-refractivity contribution in [3.63, 3.8) is 0 Å². The Kier molecular flexibility index (Phi) is 9.29. The van der Waals surface area contributed by atoms with Crippen LogP contribution in [-0.4, -0.2) is 51.7 Å². The number of hydrogen-bond donors (Lipinski definition) is 3. The lowest BCUT2D eigenvalue weighted by Crippen LogP contribution is -2.36. The number of imide groups is 1. The second-order valence-corrected chi connectivity index (χ2v) is 9.53. The average Bonchev–Trinajstić information content (AvgIpc) is 3.49. The lowest BCUT2D eigenvalue weighted by atomic mass is 10.0. The number of urea groups is 1. The van der Waals surface area contributed by atoms with Crippen LogP contribution in [0.5, 0.6) is 5.75 Å². The number of imidazole rings is 1. The van der Waals surface area contributed by atoms with Crippen LogP contribution in [-0.2, 0) is 11.2 Å². The average molecular weight is 577 g/mol. The van der Waals surface area contributed by atoms with Gasteiger partial charge in [0.2, 0.25) is 0 Å². The minimum absolute atomic E-state index is 0.0172. The number of nitrogens with one attached hydrogen (secondary N) is 2. The number of para-hydroxylation sites is 1. The van der Waals surface area contributed by atoms with E-state index in [1.165, 1.54) is 4.90 Å². The van der Waals surface area contributed by atoms with Gasteiger partial charge < -0.3 is 20.1 Å². The number of aryl methyl sites for hydroxylation is 1. The number of carbonyl (C=O) groups excluding carboxylic acids is 2. The van der Waals surface area contributed by atoms with Gasteiger partial charge in [-0.05, 0) is 36.8 Å². The quantitative estimate of drug-likeness (QED) is 0.255. The van der Waals surface area contributed by atoms with Crippen molar-refractivity contribution in [2.24, 2.45) is 0 Å². The molecule has 4 aromatic rings. The predicted octanol–water partition coefficient (Wildman–Crippen LogP) is 5.04. The van der Waals surface area contributed by atoms with E-state index in [4.69, 9.17) is 14.8 Å². The Balaban J connectivity index is 0.000000283. The topological polar surface area (TPSA) is 108 Å². The number of H-pyrrole nitrogens is 1. The van der Waals surface area contributed by atoms with Gasteiger partial charge in [-0.3, -0.25) is 9.69 Å². The summed E-state index contributed by atoms with van der Waals surface area (Å²) in [5.74, 6) is 1.16. The number of benzene rings is 3. The molecule has 1 fully saturated rings. The van der Waals surface area contributed by atoms with E-state index in [0.717, 1.165) is 32.7 Å². The molecule has 0 aliphatic carbocycles. The molecule has 3 aromatic carbocycles. The third-order valence-electron chi connectivity index (χ3n) is 5.90. The van der Waals surface area contributed by atoms with Gasteiger partial charge in [0.1, 0.15) is 24.2 Å². The number of halogens is 1. The van der Waals surface area contributed by atoms with Gasteiger partial charge in [0.05, 0.1) is 18.8 Å². The molecule has 0 saturated carbocycles. The van der Waals surface area contributed by atoms with Gasteiger partial charge in [-0.2, -0.15) is 0 Å². The zero-order valence-electron chi connectivity index (χ0n) is 20.9. The molecule has 2 heterocycles. The van der Waals surface area contributed by atoms with Crippen LogP contribution in [0.1, 0.15) is 23.1 Å². The molecule has 5 rings (SSSR count). The molecule has 9 heteroatoms. The van der Waals surface area contributed by atoms with Crippen LogP contribution < -0.4 is 10.1 Å². The molecule has 1 atom stereocenters. The van der Waals surface area contributed by atoms with Crippen molar-refractivity contribution in [1.29, 1.82) is 0 Å². The van der Waals surface area contributed by atoms with Crippen LogP contribution in [0.25, 0.3) is 11.3 Å². The second-order valence-electron chi connectivity index (χ2n) is 8.62. The first-order chi connectivity index (χ1) is 18.5. The fourth-order valence-corrected chi connectivity index (χ4v) is 4.37. The molecule has 3 N–H and O–H groups in total. The molecular weight excluding hydrogens is 548 g/mol. The summed E-state index contributed by atoms with van der Waals surface area (Å²) in [6.45, 7) is 2.39. The van der Waals surface area contributed by atoms with Crippen LogP contribution in [0.4, 0.5) is 4.79 Å². The molecule has 1 aliphatic rings. The molecule has 1 unspecified atom stereocenters. The van der Waals surface area contributed by atoms with E-state index < -0.39 is 6.04 Å².